The third kappa shape index (κ3) is 5.08. The average Bonchev–Trinajstić information content (AvgIpc) is 3.13. The first-order chi connectivity index (χ1) is 15.9. The molecule has 1 saturated heterocycles. The van der Waals surface area contributed by atoms with E-state index in [9.17, 15) is 14.4 Å². The summed E-state index contributed by atoms with van der Waals surface area (Å²) in [5, 5.41) is 11.7. The zero-order valence-electron chi connectivity index (χ0n) is 18.5. The van der Waals surface area contributed by atoms with Gasteiger partial charge in [0, 0.05) is 25.4 Å². The summed E-state index contributed by atoms with van der Waals surface area (Å²) >= 11 is 0. The average molecular weight is 449 g/mol. The quantitative estimate of drug-likeness (QED) is 0.626. The Labute approximate surface area is 193 Å². The van der Waals surface area contributed by atoms with Crippen molar-refractivity contribution in [2.75, 3.05) is 19.7 Å². The molecule has 4 rings (SSSR count). The first-order valence-electron chi connectivity index (χ1n) is 11.2. The zero-order chi connectivity index (χ0) is 23.4. The highest BCUT2D eigenvalue weighted by Gasteiger charge is 2.31. The van der Waals surface area contributed by atoms with Crippen LogP contribution in [0, 0.1) is 0 Å². The minimum atomic E-state index is -1.02. The Balaban J connectivity index is 1.43. The van der Waals surface area contributed by atoms with Crippen molar-refractivity contribution in [2.45, 2.75) is 37.6 Å². The van der Waals surface area contributed by atoms with Crippen LogP contribution >= 0.6 is 0 Å². The zero-order valence-corrected chi connectivity index (χ0v) is 18.5. The molecule has 2 N–H and O–H groups in total. The van der Waals surface area contributed by atoms with Crippen molar-refractivity contribution in [1.82, 2.24) is 10.2 Å². The van der Waals surface area contributed by atoms with Crippen LogP contribution in [0.25, 0.3) is 11.1 Å². The Morgan fingerprint density at radius 1 is 1.09 bits per heavy atom. The number of aliphatic carboxylic acids is 1. The second-order valence-corrected chi connectivity index (χ2v) is 8.57. The lowest BCUT2D eigenvalue weighted by Gasteiger charge is -2.31. The van der Waals surface area contributed by atoms with E-state index >= 15 is 0 Å². The molecule has 1 fully saturated rings. The van der Waals surface area contributed by atoms with Gasteiger partial charge >= 0.3 is 12.1 Å². The number of alkyl carbamates (subject to hydrolysis) is 1. The SMILES string of the molecule is C=C1CCCN(C(=O)C(CCC(=O)O)NC(=O)OCC2c3ccccc3-c3ccccc32)C1. The molecule has 172 valence electrons. The molecule has 0 saturated carbocycles. The van der Waals surface area contributed by atoms with Crippen molar-refractivity contribution in [1.29, 1.82) is 0 Å². The van der Waals surface area contributed by atoms with Gasteiger partial charge in [-0.25, -0.2) is 4.79 Å². The fourth-order valence-corrected chi connectivity index (χ4v) is 4.66. The summed E-state index contributed by atoms with van der Waals surface area (Å²) in [5.41, 5.74) is 5.39. The summed E-state index contributed by atoms with van der Waals surface area (Å²) in [5.74, 6) is -1.42. The van der Waals surface area contributed by atoms with Gasteiger partial charge in [-0.3, -0.25) is 9.59 Å². The molecule has 0 aromatic heterocycles. The van der Waals surface area contributed by atoms with Crippen LogP contribution in [0.2, 0.25) is 0 Å². The van der Waals surface area contributed by atoms with Gasteiger partial charge in [0.15, 0.2) is 0 Å². The number of fused-ring (bicyclic) bond motifs is 3. The van der Waals surface area contributed by atoms with Crippen LogP contribution in [-0.4, -0.2) is 53.7 Å². The van der Waals surface area contributed by atoms with Gasteiger partial charge in [-0.2, -0.15) is 0 Å². The summed E-state index contributed by atoms with van der Waals surface area (Å²) < 4.78 is 5.55. The number of benzene rings is 2. The molecule has 0 radical (unpaired) electrons. The van der Waals surface area contributed by atoms with Crippen LogP contribution in [0.15, 0.2) is 60.7 Å². The van der Waals surface area contributed by atoms with Gasteiger partial charge in [0.05, 0.1) is 0 Å². The number of rotatable bonds is 7. The van der Waals surface area contributed by atoms with Crippen molar-refractivity contribution in [2.24, 2.45) is 0 Å². The number of carbonyl (C=O) groups is 3. The number of ether oxygens (including phenoxy) is 1. The Morgan fingerprint density at radius 3 is 2.33 bits per heavy atom. The molecule has 1 aliphatic carbocycles. The van der Waals surface area contributed by atoms with Crippen molar-refractivity contribution < 1.29 is 24.2 Å². The van der Waals surface area contributed by atoms with E-state index < -0.39 is 18.1 Å². The van der Waals surface area contributed by atoms with E-state index in [4.69, 9.17) is 9.84 Å². The monoisotopic (exact) mass is 448 g/mol. The van der Waals surface area contributed by atoms with E-state index in [-0.39, 0.29) is 31.3 Å². The van der Waals surface area contributed by atoms with E-state index in [1.54, 1.807) is 4.90 Å². The van der Waals surface area contributed by atoms with E-state index in [1.807, 2.05) is 36.4 Å². The van der Waals surface area contributed by atoms with Crippen LogP contribution in [0.4, 0.5) is 4.79 Å². The fourth-order valence-electron chi connectivity index (χ4n) is 4.66. The summed E-state index contributed by atoms with van der Waals surface area (Å²) in [6.07, 6.45) is 0.720. The highest BCUT2D eigenvalue weighted by atomic mass is 16.5. The summed E-state index contributed by atoms with van der Waals surface area (Å²) in [6, 6.07) is 15.1. The molecule has 0 spiro atoms. The molecule has 1 atom stereocenters. The van der Waals surface area contributed by atoms with Gasteiger partial charge in [-0.05, 0) is 41.5 Å². The number of carboxylic acid groups (broad SMARTS) is 1. The van der Waals surface area contributed by atoms with E-state index in [0.29, 0.717) is 13.1 Å². The van der Waals surface area contributed by atoms with Crippen LogP contribution in [-0.2, 0) is 14.3 Å². The van der Waals surface area contributed by atoms with Gasteiger partial charge in [-0.1, -0.05) is 60.7 Å². The molecule has 2 aromatic carbocycles. The molecular weight excluding hydrogens is 420 g/mol. The topological polar surface area (TPSA) is 95.9 Å². The number of hydrogen-bond donors (Lipinski definition) is 2. The third-order valence-electron chi connectivity index (χ3n) is 6.27. The summed E-state index contributed by atoms with van der Waals surface area (Å²) in [7, 11) is 0. The van der Waals surface area contributed by atoms with E-state index in [1.165, 1.54) is 0 Å². The highest BCUT2D eigenvalue weighted by Crippen LogP contribution is 2.44. The largest absolute Gasteiger partial charge is 0.481 e. The first-order valence-corrected chi connectivity index (χ1v) is 11.2. The maximum absolute atomic E-state index is 13.0. The van der Waals surface area contributed by atoms with Crippen LogP contribution < -0.4 is 5.32 Å². The van der Waals surface area contributed by atoms with Crippen LogP contribution in [0.1, 0.15) is 42.7 Å². The first kappa shape index (κ1) is 22.6. The standard InChI is InChI=1S/C26H28N2O5/c1-17-7-6-14-28(15-17)25(31)23(12-13-24(29)30)27-26(32)33-16-22-20-10-4-2-8-18(20)19-9-3-5-11-21(19)22/h2-5,8-11,22-23H,1,6-7,12-16H2,(H,27,32)(H,29,30). The molecule has 33 heavy (non-hydrogen) atoms. The number of carbonyl (C=O) groups excluding carboxylic acids is 2. The number of likely N-dealkylation sites (tertiary alicyclic amines) is 1. The van der Waals surface area contributed by atoms with Crippen molar-refractivity contribution in [3.05, 3.63) is 71.8 Å². The Bertz CT molecular complexity index is 1030. The molecule has 7 nitrogen and oxygen atoms in total. The Morgan fingerprint density at radius 2 is 1.73 bits per heavy atom. The van der Waals surface area contributed by atoms with Gasteiger partial charge < -0.3 is 20.1 Å². The van der Waals surface area contributed by atoms with Gasteiger partial charge in [0.2, 0.25) is 5.91 Å². The molecule has 1 aliphatic heterocycles. The lowest BCUT2D eigenvalue weighted by Crippen LogP contribution is -2.50. The van der Waals surface area contributed by atoms with E-state index in [2.05, 4.69) is 24.0 Å². The fraction of sp³-hybridized carbons (Fsp3) is 0.346. The number of nitrogens with zero attached hydrogens (tertiary/aromatic N) is 1. The minimum Gasteiger partial charge on any atom is -0.481 e. The lowest BCUT2D eigenvalue weighted by atomic mass is 9.98. The van der Waals surface area contributed by atoms with Gasteiger partial charge in [0.1, 0.15) is 12.6 Å². The normalized spacial score (nSPS) is 16.0. The number of nitrogens with one attached hydrogen (secondary N) is 1. The van der Waals surface area contributed by atoms with E-state index in [0.717, 1.165) is 40.7 Å². The molecule has 2 amide bonds. The second kappa shape index (κ2) is 9.90. The maximum atomic E-state index is 13.0. The molecule has 1 unspecified atom stereocenters. The van der Waals surface area contributed by atoms with Gasteiger partial charge in [-0.15, -0.1) is 0 Å². The second-order valence-electron chi connectivity index (χ2n) is 8.57. The number of hydrogen-bond acceptors (Lipinski definition) is 4. The number of piperidine rings is 1. The van der Waals surface area contributed by atoms with Crippen molar-refractivity contribution >= 4 is 18.0 Å². The molecule has 1 heterocycles. The Hall–Kier alpha value is -3.61. The van der Waals surface area contributed by atoms with Gasteiger partial charge in [0.25, 0.3) is 0 Å². The molecule has 2 aromatic rings. The summed E-state index contributed by atoms with van der Waals surface area (Å²) in [4.78, 5) is 38.4. The number of amides is 2. The lowest BCUT2D eigenvalue weighted by molar-refractivity contribution is -0.138. The van der Waals surface area contributed by atoms with Crippen LogP contribution in [0.3, 0.4) is 0 Å². The smallest absolute Gasteiger partial charge is 0.407 e. The predicted octanol–water partition coefficient (Wildman–Crippen LogP) is 3.94. The summed E-state index contributed by atoms with van der Waals surface area (Å²) in [6.45, 7) is 5.07. The third-order valence-corrected chi connectivity index (χ3v) is 6.27. The molecular formula is C26H28N2O5. The molecule has 2 aliphatic rings. The predicted molar refractivity (Wildman–Crippen MR) is 124 cm³/mol. The highest BCUT2D eigenvalue weighted by molar-refractivity contribution is 5.86. The molecule has 7 heteroatoms. The minimum absolute atomic E-state index is 0.00133. The van der Waals surface area contributed by atoms with Crippen molar-refractivity contribution in [3.8, 4) is 11.1 Å². The Kier molecular flexibility index (Phi) is 6.77. The van der Waals surface area contributed by atoms with Crippen LogP contribution in [0.5, 0.6) is 0 Å². The number of carboxylic acids is 1. The maximum Gasteiger partial charge on any atom is 0.407 e. The van der Waals surface area contributed by atoms with Crippen molar-refractivity contribution in [3.63, 3.8) is 0 Å². The molecule has 0 bridgehead atoms.